The molecule has 2 amide bonds. The lowest BCUT2D eigenvalue weighted by Gasteiger charge is -2.19. The van der Waals surface area contributed by atoms with Gasteiger partial charge >= 0.3 is 0 Å². The number of hydrogen-bond donors (Lipinski definition) is 3. The first-order chi connectivity index (χ1) is 9.27. The second-order valence-electron chi connectivity index (χ2n) is 5.95. The van der Waals surface area contributed by atoms with Crippen LogP contribution < -0.4 is 16.4 Å². The van der Waals surface area contributed by atoms with E-state index in [1.54, 1.807) is 26.0 Å². The summed E-state index contributed by atoms with van der Waals surface area (Å²) in [6.45, 7) is 5.16. The lowest BCUT2D eigenvalue weighted by molar-refractivity contribution is -0.120. The van der Waals surface area contributed by atoms with E-state index in [1.165, 1.54) is 0 Å². The number of hydrogen-bond acceptors (Lipinski definition) is 3. The third kappa shape index (κ3) is 4.72. The predicted octanol–water partition coefficient (Wildman–Crippen LogP) is 1.98. The van der Waals surface area contributed by atoms with Crippen molar-refractivity contribution >= 4 is 29.9 Å². The Bertz CT molecular complexity index is 548. The minimum atomic E-state index is -0.960. The van der Waals surface area contributed by atoms with Crippen LogP contribution in [-0.4, -0.2) is 23.4 Å². The lowest BCUT2D eigenvalue weighted by Crippen LogP contribution is -2.45. The van der Waals surface area contributed by atoms with Gasteiger partial charge in [-0.2, -0.15) is 0 Å². The van der Waals surface area contributed by atoms with Crippen LogP contribution in [0, 0.1) is 6.92 Å². The molecule has 1 aliphatic rings. The predicted molar refractivity (Wildman–Crippen MR) is 85.8 cm³/mol. The molecule has 0 bridgehead atoms. The number of anilines is 1. The summed E-state index contributed by atoms with van der Waals surface area (Å²) in [4.78, 5) is 23.9. The Balaban J connectivity index is 0.00000220. The van der Waals surface area contributed by atoms with Crippen molar-refractivity contribution in [3.63, 3.8) is 0 Å². The van der Waals surface area contributed by atoms with E-state index in [2.05, 4.69) is 10.6 Å². The van der Waals surface area contributed by atoms with Gasteiger partial charge in [-0.05, 0) is 51.3 Å². The molecular formula is C15H22ClN3O2. The first-order valence-electron chi connectivity index (χ1n) is 6.79. The molecule has 0 unspecified atom stereocenters. The number of nitrogens with two attached hydrogens (primary N) is 1. The molecule has 21 heavy (non-hydrogen) atoms. The molecule has 1 aromatic carbocycles. The summed E-state index contributed by atoms with van der Waals surface area (Å²) >= 11 is 0. The summed E-state index contributed by atoms with van der Waals surface area (Å²) in [6, 6.07) is 5.58. The molecule has 0 radical (unpaired) electrons. The monoisotopic (exact) mass is 311 g/mol. The van der Waals surface area contributed by atoms with Crippen LogP contribution in [0.25, 0.3) is 0 Å². The molecule has 116 valence electrons. The van der Waals surface area contributed by atoms with E-state index in [-0.39, 0.29) is 24.2 Å². The summed E-state index contributed by atoms with van der Waals surface area (Å²) in [5.74, 6) is -0.379. The van der Waals surface area contributed by atoms with Gasteiger partial charge in [-0.25, -0.2) is 0 Å². The fourth-order valence-electron chi connectivity index (χ4n) is 1.68. The number of aryl methyl sites for hydroxylation is 1. The smallest absolute Gasteiger partial charge is 0.251 e. The van der Waals surface area contributed by atoms with Crippen molar-refractivity contribution in [3.05, 3.63) is 29.3 Å². The molecular weight excluding hydrogens is 290 g/mol. The normalized spacial score (nSPS) is 14.1. The number of nitrogens with one attached hydrogen (secondary N) is 2. The number of carbonyl (C=O) groups is 2. The Hall–Kier alpha value is -1.59. The van der Waals surface area contributed by atoms with E-state index >= 15 is 0 Å². The minimum absolute atomic E-state index is 0. The molecule has 0 saturated heterocycles. The van der Waals surface area contributed by atoms with Gasteiger partial charge in [0.15, 0.2) is 0 Å². The molecule has 0 atom stereocenters. The van der Waals surface area contributed by atoms with Crippen molar-refractivity contribution in [2.45, 2.75) is 45.2 Å². The van der Waals surface area contributed by atoms with Gasteiger partial charge in [-0.1, -0.05) is 6.07 Å². The SMILES string of the molecule is Cc1ccc(C(=O)NC2CC2)cc1NC(=O)C(C)(C)N.Cl. The Labute approximate surface area is 131 Å². The van der Waals surface area contributed by atoms with Crippen LogP contribution in [0.4, 0.5) is 5.69 Å². The maximum absolute atomic E-state index is 12.0. The zero-order chi connectivity index (χ0) is 14.9. The van der Waals surface area contributed by atoms with Crippen LogP contribution in [0.5, 0.6) is 0 Å². The highest BCUT2D eigenvalue weighted by Gasteiger charge is 2.25. The van der Waals surface area contributed by atoms with Crippen LogP contribution in [0.15, 0.2) is 18.2 Å². The standard InChI is InChI=1S/C15H21N3O2.ClH/c1-9-4-5-10(13(19)17-11-6-7-11)8-12(9)18-14(20)15(2,3)16;/h4-5,8,11H,6-7,16H2,1-3H3,(H,17,19)(H,18,20);1H. The van der Waals surface area contributed by atoms with Crippen LogP contribution in [-0.2, 0) is 4.79 Å². The Morgan fingerprint density at radius 1 is 1.29 bits per heavy atom. The summed E-state index contributed by atoms with van der Waals surface area (Å²) in [5, 5.41) is 5.69. The highest BCUT2D eigenvalue weighted by molar-refractivity contribution is 6.00. The van der Waals surface area contributed by atoms with Crippen LogP contribution in [0.1, 0.15) is 42.6 Å². The van der Waals surface area contributed by atoms with E-state index < -0.39 is 5.54 Å². The molecule has 0 aromatic heterocycles. The van der Waals surface area contributed by atoms with Crippen molar-refractivity contribution < 1.29 is 9.59 Å². The maximum atomic E-state index is 12.0. The second-order valence-corrected chi connectivity index (χ2v) is 5.95. The van der Waals surface area contributed by atoms with Gasteiger partial charge < -0.3 is 16.4 Å². The summed E-state index contributed by atoms with van der Waals surface area (Å²) < 4.78 is 0. The van der Waals surface area contributed by atoms with Gasteiger partial charge in [0, 0.05) is 17.3 Å². The Kier molecular flexibility index (Phi) is 5.36. The molecule has 1 aliphatic carbocycles. The number of amides is 2. The van der Waals surface area contributed by atoms with Gasteiger partial charge in [-0.3, -0.25) is 9.59 Å². The van der Waals surface area contributed by atoms with Gasteiger partial charge in [0.05, 0.1) is 5.54 Å². The largest absolute Gasteiger partial charge is 0.349 e. The van der Waals surface area contributed by atoms with Gasteiger partial charge in [0.1, 0.15) is 0 Å². The van der Waals surface area contributed by atoms with Gasteiger partial charge in [0.2, 0.25) is 5.91 Å². The quantitative estimate of drug-likeness (QED) is 0.795. The van der Waals surface area contributed by atoms with Crippen LogP contribution >= 0.6 is 12.4 Å². The van der Waals surface area contributed by atoms with Crippen molar-refractivity contribution in [2.24, 2.45) is 5.73 Å². The van der Waals surface area contributed by atoms with Crippen molar-refractivity contribution in [2.75, 3.05) is 5.32 Å². The van der Waals surface area contributed by atoms with Crippen molar-refractivity contribution in [1.82, 2.24) is 5.32 Å². The molecule has 5 nitrogen and oxygen atoms in total. The fourth-order valence-corrected chi connectivity index (χ4v) is 1.68. The van der Waals surface area contributed by atoms with E-state index in [9.17, 15) is 9.59 Å². The Morgan fingerprint density at radius 3 is 2.43 bits per heavy atom. The first kappa shape index (κ1) is 17.5. The zero-order valence-corrected chi connectivity index (χ0v) is 13.3. The molecule has 1 saturated carbocycles. The van der Waals surface area contributed by atoms with Crippen molar-refractivity contribution in [3.8, 4) is 0 Å². The summed E-state index contributed by atoms with van der Waals surface area (Å²) in [7, 11) is 0. The molecule has 0 spiro atoms. The number of benzene rings is 1. The molecule has 1 aromatic rings. The third-order valence-corrected chi connectivity index (χ3v) is 3.25. The van der Waals surface area contributed by atoms with E-state index in [1.807, 2.05) is 13.0 Å². The maximum Gasteiger partial charge on any atom is 0.251 e. The molecule has 0 heterocycles. The average Bonchev–Trinajstić information content (AvgIpc) is 3.14. The lowest BCUT2D eigenvalue weighted by atomic mass is 10.0. The number of halogens is 1. The molecule has 0 aliphatic heterocycles. The summed E-state index contributed by atoms with van der Waals surface area (Å²) in [6.07, 6.45) is 2.09. The Morgan fingerprint density at radius 2 is 1.90 bits per heavy atom. The highest BCUT2D eigenvalue weighted by atomic mass is 35.5. The van der Waals surface area contributed by atoms with Crippen LogP contribution in [0.3, 0.4) is 0 Å². The van der Waals surface area contributed by atoms with Gasteiger partial charge in [0.25, 0.3) is 5.91 Å². The molecule has 4 N–H and O–H groups in total. The minimum Gasteiger partial charge on any atom is -0.349 e. The zero-order valence-electron chi connectivity index (χ0n) is 12.5. The molecule has 2 rings (SSSR count). The number of carbonyl (C=O) groups excluding carboxylic acids is 2. The van der Waals surface area contributed by atoms with E-state index in [4.69, 9.17) is 5.73 Å². The summed E-state index contributed by atoms with van der Waals surface area (Å²) in [5.41, 5.74) is 6.86. The number of rotatable bonds is 4. The van der Waals surface area contributed by atoms with Gasteiger partial charge in [-0.15, -0.1) is 12.4 Å². The second kappa shape index (κ2) is 6.45. The third-order valence-electron chi connectivity index (χ3n) is 3.25. The fraction of sp³-hybridized carbons (Fsp3) is 0.467. The topological polar surface area (TPSA) is 84.2 Å². The highest BCUT2D eigenvalue weighted by Crippen LogP contribution is 2.21. The molecule has 1 fully saturated rings. The van der Waals surface area contributed by atoms with E-state index in [0.29, 0.717) is 17.3 Å². The van der Waals surface area contributed by atoms with E-state index in [0.717, 1.165) is 18.4 Å². The first-order valence-corrected chi connectivity index (χ1v) is 6.79. The van der Waals surface area contributed by atoms with Crippen LogP contribution in [0.2, 0.25) is 0 Å². The molecule has 6 heteroatoms. The average molecular weight is 312 g/mol. The van der Waals surface area contributed by atoms with Crippen molar-refractivity contribution in [1.29, 1.82) is 0 Å².